The third-order valence-corrected chi connectivity index (χ3v) is 5.44. The van der Waals surface area contributed by atoms with Gasteiger partial charge in [-0.05, 0) is 42.5 Å². The van der Waals surface area contributed by atoms with Gasteiger partial charge in [0, 0.05) is 5.92 Å². The summed E-state index contributed by atoms with van der Waals surface area (Å²) in [7, 11) is 0. The van der Waals surface area contributed by atoms with Crippen LogP contribution in [0.3, 0.4) is 0 Å². The van der Waals surface area contributed by atoms with E-state index in [1.807, 2.05) is 19.9 Å². The topological polar surface area (TPSA) is 59.9 Å². The van der Waals surface area contributed by atoms with E-state index in [0.717, 1.165) is 0 Å². The van der Waals surface area contributed by atoms with E-state index in [0.29, 0.717) is 29.4 Å². The van der Waals surface area contributed by atoms with Gasteiger partial charge in [0.25, 0.3) is 0 Å². The Labute approximate surface area is 154 Å². The number of ether oxygens (including phenoxy) is 2. The maximum atomic E-state index is 13.2. The van der Waals surface area contributed by atoms with Crippen LogP contribution in [-0.4, -0.2) is 18.0 Å². The first-order chi connectivity index (χ1) is 12.2. The third-order valence-electron chi connectivity index (χ3n) is 5.23. The molecule has 0 spiro atoms. The summed E-state index contributed by atoms with van der Waals surface area (Å²) in [5, 5.41) is 3.23. The largest absolute Gasteiger partial charge is 0.586 e. The van der Waals surface area contributed by atoms with Crippen LogP contribution >= 0.6 is 11.6 Å². The minimum Gasteiger partial charge on any atom is -0.395 e. The number of carbonyl (C=O) groups is 1. The zero-order valence-corrected chi connectivity index (χ0v) is 14.9. The van der Waals surface area contributed by atoms with Crippen LogP contribution in [0.5, 0.6) is 11.5 Å². The first kappa shape index (κ1) is 17.3. The van der Waals surface area contributed by atoms with E-state index in [1.54, 1.807) is 6.07 Å². The number of carbonyl (C=O) groups excluding carboxylic acids is 1. The Morgan fingerprint density at radius 2 is 1.96 bits per heavy atom. The quantitative estimate of drug-likeness (QED) is 0.789. The van der Waals surface area contributed by atoms with Gasteiger partial charge >= 0.3 is 6.29 Å². The number of nitrogens with one attached hydrogen (secondary N) is 1. The molecule has 4 rings (SSSR count). The van der Waals surface area contributed by atoms with Gasteiger partial charge in [-0.15, -0.1) is 8.78 Å². The summed E-state index contributed by atoms with van der Waals surface area (Å²) in [5.41, 5.74) is -0.149. The van der Waals surface area contributed by atoms with Crippen LogP contribution in [0, 0.1) is 11.8 Å². The Hall–Kier alpha value is -2.15. The average Bonchev–Trinajstić information content (AvgIpc) is 3.29. The first-order valence-corrected chi connectivity index (χ1v) is 8.76. The number of hydrogen-bond acceptors (Lipinski definition) is 4. The molecule has 8 heteroatoms. The van der Waals surface area contributed by atoms with E-state index in [2.05, 4.69) is 19.8 Å². The molecule has 2 unspecified atom stereocenters. The number of hydrogen-bond donors (Lipinski definition) is 1. The summed E-state index contributed by atoms with van der Waals surface area (Å²) in [6, 6.07) is 4.48. The lowest BCUT2D eigenvalue weighted by atomic mass is 9.91. The average molecular weight is 383 g/mol. The van der Waals surface area contributed by atoms with E-state index >= 15 is 0 Å². The Morgan fingerprint density at radius 1 is 1.27 bits per heavy atom. The van der Waals surface area contributed by atoms with Gasteiger partial charge in [0.1, 0.15) is 11.0 Å². The van der Waals surface area contributed by atoms with Crippen molar-refractivity contribution in [3.05, 3.63) is 35.0 Å². The van der Waals surface area contributed by atoms with Crippen LogP contribution < -0.4 is 14.8 Å². The van der Waals surface area contributed by atoms with Crippen LogP contribution in [0.15, 0.2) is 34.4 Å². The minimum absolute atomic E-state index is 0.0210. The zero-order chi connectivity index (χ0) is 18.7. The molecule has 3 aliphatic rings. The lowest BCUT2D eigenvalue weighted by Crippen LogP contribution is -2.43. The molecule has 1 N–H and O–H groups in total. The van der Waals surface area contributed by atoms with Crippen LogP contribution in [-0.2, 0) is 10.2 Å². The molecular formula is C18H17ClF2N2O3. The Kier molecular flexibility index (Phi) is 3.77. The van der Waals surface area contributed by atoms with Crippen LogP contribution in [0.2, 0.25) is 0 Å². The molecule has 0 saturated heterocycles. The predicted octanol–water partition coefficient (Wildman–Crippen LogP) is 3.92. The van der Waals surface area contributed by atoms with E-state index in [9.17, 15) is 13.6 Å². The number of nitrogens with zero attached hydrogens (tertiary/aromatic N) is 1. The van der Waals surface area contributed by atoms with Crippen LogP contribution in [0.1, 0.15) is 32.3 Å². The number of alkyl halides is 2. The van der Waals surface area contributed by atoms with Crippen molar-refractivity contribution in [1.82, 2.24) is 5.32 Å². The second kappa shape index (κ2) is 5.67. The van der Waals surface area contributed by atoms with Crippen molar-refractivity contribution in [2.75, 3.05) is 0 Å². The van der Waals surface area contributed by atoms with Gasteiger partial charge in [-0.1, -0.05) is 31.5 Å². The highest BCUT2D eigenvalue weighted by molar-refractivity contribution is 6.30. The Morgan fingerprint density at radius 3 is 2.65 bits per heavy atom. The summed E-state index contributed by atoms with van der Waals surface area (Å²) in [6.45, 7) is 3.96. The molecule has 2 heterocycles. The van der Waals surface area contributed by atoms with Crippen molar-refractivity contribution in [3.63, 3.8) is 0 Å². The molecule has 2 atom stereocenters. The molecule has 2 aliphatic heterocycles. The molecule has 1 saturated carbocycles. The van der Waals surface area contributed by atoms with Crippen molar-refractivity contribution in [2.45, 2.75) is 38.4 Å². The summed E-state index contributed by atoms with van der Waals surface area (Å²) < 4.78 is 35.3. The summed E-state index contributed by atoms with van der Waals surface area (Å²) >= 11 is 6.01. The minimum atomic E-state index is -3.68. The highest BCUT2D eigenvalue weighted by Crippen LogP contribution is 2.52. The molecule has 26 heavy (non-hydrogen) atoms. The number of fused-ring (bicyclic) bond motifs is 1. The lowest BCUT2D eigenvalue weighted by Gasteiger charge is -2.25. The van der Waals surface area contributed by atoms with Crippen molar-refractivity contribution < 1.29 is 23.0 Å². The van der Waals surface area contributed by atoms with Gasteiger partial charge < -0.3 is 14.8 Å². The summed E-state index contributed by atoms with van der Waals surface area (Å²) in [4.78, 5) is 17.1. The van der Waals surface area contributed by atoms with E-state index < -0.39 is 11.7 Å². The number of allylic oxidation sites excluding steroid dienone is 1. The standard InChI is InChI=1S/C18H17ClF2N2O3/c1-9-7-14(19)22-15(10(9)2)23-16(24)17(5-6-17)11-3-4-12-13(8-11)26-18(20,21)25-12/h3-4,7-10H,5-6H2,1-2H3,(H,22,23,24). The fraction of sp³-hybridized carbons (Fsp3) is 0.444. The number of halogens is 3. The van der Waals surface area contributed by atoms with E-state index in [1.165, 1.54) is 12.1 Å². The van der Waals surface area contributed by atoms with E-state index in [4.69, 9.17) is 11.6 Å². The van der Waals surface area contributed by atoms with Gasteiger partial charge in [-0.25, -0.2) is 4.99 Å². The molecule has 0 radical (unpaired) electrons. The molecule has 1 amide bonds. The van der Waals surface area contributed by atoms with E-state index in [-0.39, 0.29) is 29.2 Å². The highest BCUT2D eigenvalue weighted by atomic mass is 35.5. The molecule has 1 fully saturated rings. The maximum Gasteiger partial charge on any atom is 0.586 e. The number of amidine groups is 1. The number of benzene rings is 1. The monoisotopic (exact) mass is 382 g/mol. The molecule has 1 aromatic carbocycles. The second-order valence-corrected chi connectivity index (χ2v) is 7.39. The van der Waals surface area contributed by atoms with Gasteiger partial charge in [0.15, 0.2) is 11.5 Å². The zero-order valence-electron chi connectivity index (χ0n) is 14.2. The van der Waals surface area contributed by atoms with Crippen LogP contribution in [0.4, 0.5) is 8.78 Å². The Balaban J connectivity index is 1.57. The fourth-order valence-electron chi connectivity index (χ4n) is 3.26. The summed E-state index contributed by atoms with van der Waals surface area (Å²) in [5.74, 6) is 0.382. The van der Waals surface area contributed by atoms with Crippen molar-refractivity contribution in [1.29, 1.82) is 0 Å². The molecule has 1 aliphatic carbocycles. The Bertz CT molecular complexity index is 849. The predicted molar refractivity (Wildman–Crippen MR) is 91.4 cm³/mol. The molecule has 0 bridgehead atoms. The number of rotatable bonds is 2. The first-order valence-electron chi connectivity index (χ1n) is 8.38. The number of aliphatic imine (C=N–C) groups is 1. The molecular weight excluding hydrogens is 366 g/mol. The van der Waals surface area contributed by atoms with Gasteiger partial charge in [0.2, 0.25) is 5.91 Å². The smallest absolute Gasteiger partial charge is 0.395 e. The molecule has 0 aromatic heterocycles. The molecule has 5 nitrogen and oxygen atoms in total. The molecule has 1 aromatic rings. The van der Waals surface area contributed by atoms with Gasteiger partial charge in [0.05, 0.1) is 5.41 Å². The lowest BCUT2D eigenvalue weighted by molar-refractivity contribution is -0.286. The summed E-state index contributed by atoms with van der Waals surface area (Å²) in [6.07, 6.45) is -0.594. The fourth-order valence-corrected chi connectivity index (χ4v) is 3.55. The molecule has 138 valence electrons. The SMILES string of the molecule is CC1C=C(Cl)N=C(NC(=O)C2(c3ccc4c(c3)OC(F)(F)O4)CC2)C1C. The van der Waals surface area contributed by atoms with Gasteiger partial charge in [-0.3, -0.25) is 4.79 Å². The number of amides is 1. The second-order valence-electron chi connectivity index (χ2n) is 7.00. The normalized spacial score (nSPS) is 27.4. The van der Waals surface area contributed by atoms with Crippen molar-refractivity contribution in [2.24, 2.45) is 16.8 Å². The maximum absolute atomic E-state index is 13.2. The van der Waals surface area contributed by atoms with Gasteiger partial charge in [-0.2, -0.15) is 0 Å². The van der Waals surface area contributed by atoms with Crippen molar-refractivity contribution in [3.8, 4) is 11.5 Å². The van der Waals surface area contributed by atoms with Crippen molar-refractivity contribution >= 4 is 23.3 Å². The third kappa shape index (κ3) is 2.84. The highest BCUT2D eigenvalue weighted by Gasteiger charge is 2.53. The van der Waals surface area contributed by atoms with Crippen LogP contribution in [0.25, 0.3) is 0 Å².